The highest BCUT2D eigenvalue weighted by atomic mass is 16.6. The summed E-state index contributed by atoms with van der Waals surface area (Å²) in [5.41, 5.74) is 5.68. The Kier molecular flexibility index (Phi) is 2.42. The summed E-state index contributed by atoms with van der Waals surface area (Å²) in [5, 5.41) is 18.3. The second-order valence-corrected chi connectivity index (χ2v) is 3.00. The highest BCUT2D eigenvalue weighted by Crippen LogP contribution is 2.16. The van der Waals surface area contributed by atoms with Crippen LogP contribution in [0.1, 0.15) is 10.5 Å². The van der Waals surface area contributed by atoms with Gasteiger partial charge in [-0.1, -0.05) is 6.07 Å². The molecule has 2 aromatic rings. The van der Waals surface area contributed by atoms with Crippen molar-refractivity contribution in [1.29, 1.82) is 0 Å². The number of nitrogen functional groups attached to an aromatic ring is 1. The highest BCUT2D eigenvalue weighted by Gasteiger charge is 2.15. The number of nitrogens with zero attached hydrogens (tertiary/aromatic N) is 2. The topological polar surface area (TPSA) is 114 Å². The number of carbonyl (C=O) groups is 1. The molecule has 7 nitrogen and oxygen atoms in total. The van der Waals surface area contributed by atoms with Crippen molar-refractivity contribution in [3.05, 3.63) is 30.0 Å². The molecule has 1 heterocycles. The van der Waals surface area contributed by atoms with Crippen LogP contribution in [0, 0.1) is 0 Å². The number of hydrogen-bond acceptors (Lipinski definition) is 6. The number of benzene rings is 1. The Morgan fingerprint density at radius 3 is 2.88 bits per heavy atom. The molecule has 1 aromatic carbocycles. The third-order valence-corrected chi connectivity index (χ3v) is 1.83. The van der Waals surface area contributed by atoms with Gasteiger partial charge in [-0.2, -0.15) is 0 Å². The number of aromatic hydroxyl groups is 1. The number of phenols is 1. The van der Waals surface area contributed by atoms with Gasteiger partial charge >= 0.3 is 0 Å². The first-order chi connectivity index (χ1) is 7.66. The second kappa shape index (κ2) is 3.89. The van der Waals surface area contributed by atoms with Crippen molar-refractivity contribution in [2.24, 2.45) is 0 Å². The molecule has 0 atom stereocenters. The quantitative estimate of drug-likeness (QED) is 0.683. The smallest absolute Gasteiger partial charge is 0.281 e. The molecule has 4 N–H and O–H groups in total. The Morgan fingerprint density at radius 1 is 1.44 bits per heavy atom. The number of nitrogens with two attached hydrogens (primary N) is 1. The molecular weight excluding hydrogens is 212 g/mol. The molecule has 0 bridgehead atoms. The summed E-state index contributed by atoms with van der Waals surface area (Å²) in [6, 6.07) is 6.08. The van der Waals surface area contributed by atoms with Crippen LogP contribution >= 0.6 is 0 Å². The van der Waals surface area contributed by atoms with Crippen molar-refractivity contribution in [3.8, 4) is 5.75 Å². The Balaban J connectivity index is 2.17. The van der Waals surface area contributed by atoms with Gasteiger partial charge < -0.3 is 16.2 Å². The van der Waals surface area contributed by atoms with Gasteiger partial charge in [0.2, 0.25) is 11.5 Å². The lowest BCUT2D eigenvalue weighted by atomic mass is 10.3. The molecule has 0 fully saturated rings. The van der Waals surface area contributed by atoms with E-state index in [1.807, 2.05) is 0 Å². The first-order valence-corrected chi connectivity index (χ1v) is 4.35. The average Bonchev–Trinajstić information content (AvgIpc) is 2.64. The van der Waals surface area contributed by atoms with Gasteiger partial charge in [0, 0.05) is 11.8 Å². The third kappa shape index (κ3) is 1.92. The Bertz CT molecular complexity index is 523. The van der Waals surface area contributed by atoms with Gasteiger partial charge in [-0.05, 0) is 22.4 Å². The van der Waals surface area contributed by atoms with Gasteiger partial charge in [0.1, 0.15) is 5.75 Å². The first-order valence-electron chi connectivity index (χ1n) is 4.35. The van der Waals surface area contributed by atoms with Crippen molar-refractivity contribution >= 4 is 17.4 Å². The molecule has 0 aliphatic rings. The predicted octanol–water partition coefficient (Wildman–Crippen LogP) is 0.610. The molecule has 1 aromatic heterocycles. The predicted molar refractivity (Wildman–Crippen MR) is 54.8 cm³/mol. The molecule has 2 rings (SSSR count). The van der Waals surface area contributed by atoms with E-state index in [1.54, 1.807) is 12.1 Å². The van der Waals surface area contributed by atoms with E-state index in [4.69, 9.17) is 5.73 Å². The minimum Gasteiger partial charge on any atom is -0.508 e. The summed E-state index contributed by atoms with van der Waals surface area (Å²) in [4.78, 5) is 11.6. The fourth-order valence-corrected chi connectivity index (χ4v) is 1.13. The van der Waals surface area contributed by atoms with Gasteiger partial charge in [0.25, 0.3) is 5.91 Å². The monoisotopic (exact) mass is 220 g/mol. The minimum absolute atomic E-state index is 0.0454. The number of amides is 1. The van der Waals surface area contributed by atoms with Crippen molar-refractivity contribution < 1.29 is 14.5 Å². The number of anilines is 2. The maximum Gasteiger partial charge on any atom is 0.281 e. The van der Waals surface area contributed by atoms with E-state index in [1.165, 1.54) is 12.1 Å². The maximum atomic E-state index is 11.6. The average molecular weight is 220 g/mol. The second-order valence-electron chi connectivity index (χ2n) is 3.00. The van der Waals surface area contributed by atoms with E-state index in [2.05, 4.69) is 20.3 Å². The lowest BCUT2D eigenvalue weighted by molar-refractivity contribution is 0.101. The first kappa shape index (κ1) is 9.97. The van der Waals surface area contributed by atoms with Gasteiger partial charge in [0.15, 0.2) is 0 Å². The highest BCUT2D eigenvalue weighted by molar-refractivity contribution is 6.05. The number of nitrogens with one attached hydrogen (secondary N) is 1. The lowest BCUT2D eigenvalue weighted by Gasteiger charge is -2.02. The van der Waals surface area contributed by atoms with Gasteiger partial charge in [-0.25, -0.2) is 4.63 Å². The standard InChI is InChI=1S/C9H8N4O3/c10-8-7(12-16-13-8)9(15)11-5-2-1-3-6(14)4-5/h1-4,14H,(H2,10,13)(H,11,15). The van der Waals surface area contributed by atoms with Crippen LogP contribution in [0.4, 0.5) is 11.5 Å². The molecule has 0 aliphatic carbocycles. The van der Waals surface area contributed by atoms with Crippen LogP contribution in [-0.2, 0) is 0 Å². The molecule has 0 spiro atoms. The van der Waals surface area contributed by atoms with Crippen LogP contribution in [-0.4, -0.2) is 21.3 Å². The van der Waals surface area contributed by atoms with E-state index < -0.39 is 5.91 Å². The van der Waals surface area contributed by atoms with Crippen molar-refractivity contribution in [1.82, 2.24) is 10.3 Å². The van der Waals surface area contributed by atoms with Crippen LogP contribution in [0.5, 0.6) is 5.75 Å². The van der Waals surface area contributed by atoms with Crippen LogP contribution in [0.25, 0.3) is 0 Å². The number of phenolic OH excluding ortho intramolecular Hbond substituents is 1. The molecule has 0 saturated heterocycles. The zero-order valence-electron chi connectivity index (χ0n) is 8.04. The van der Waals surface area contributed by atoms with Gasteiger partial charge in [-0.15, -0.1) is 0 Å². The van der Waals surface area contributed by atoms with E-state index >= 15 is 0 Å². The zero-order chi connectivity index (χ0) is 11.5. The largest absolute Gasteiger partial charge is 0.508 e. The van der Waals surface area contributed by atoms with Crippen LogP contribution < -0.4 is 11.1 Å². The van der Waals surface area contributed by atoms with E-state index in [0.29, 0.717) is 5.69 Å². The Morgan fingerprint density at radius 2 is 2.25 bits per heavy atom. The maximum absolute atomic E-state index is 11.6. The molecule has 1 amide bonds. The van der Waals surface area contributed by atoms with Crippen molar-refractivity contribution in [2.75, 3.05) is 11.1 Å². The molecular formula is C9H8N4O3. The number of hydrogen-bond donors (Lipinski definition) is 3. The fraction of sp³-hybridized carbons (Fsp3) is 0. The normalized spacial score (nSPS) is 10.0. The lowest BCUT2D eigenvalue weighted by Crippen LogP contribution is -2.14. The molecule has 82 valence electrons. The molecule has 0 radical (unpaired) electrons. The SMILES string of the molecule is Nc1nonc1C(=O)Nc1cccc(O)c1. The summed E-state index contributed by atoms with van der Waals surface area (Å²) < 4.78 is 4.29. The summed E-state index contributed by atoms with van der Waals surface area (Å²) in [6.07, 6.45) is 0. The molecule has 16 heavy (non-hydrogen) atoms. The van der Waals surface area contributed by atoms with Crippen LogP contribution in [0.2, 0.25) is 0 Å². The van der Waals surface area contributed by atoms with Crippen LogP contribution in [0.15, 0.2) is 28.9 Å². The summed E-state index contributed by atoms with van der Waals surface area (Å²) >= 11 is 0. The van der Waals surface area contributed by atoms with Gasteiger partial charge in [-0.3, -0.25) is 4.79 Å². The molecule has 0 aliphatic heterocycles. The number of carbonyl (C=O) groups excluding carboxylic acids is 1. The minimum atomic E-state index is -0.552. The summed E-state index contributed by atoms with van der Waals surface area (Å²) in [6.45, 7) is 0. The number of rotatable bonds is 2. The molecule has 7 heteroatoms. The van der Waals surface area contributed by atoms with Crippen molar-refractivity contribution in [2.45, 2.75) is 0 Å². The Hall–Kier alpha value is -2.57. The summed E-state index contributed by atoms with van der Waals surface area (Å²) in [7, 11) is 0. The number of aromatic nitrogens is 2. The fourth-order valence-electron chi connectivity index (χ4n) is 1.13. The molecule has 0 unspecified atom stereocenters. The van der Waals surface area contributed by atoms with Gasteiger partial charge in [0.05, 0.1) is 0 Å². The third-order valence-electron chi connectivity index (χ3n) is 1.83. The van der Waals surface area contributed by atoms with E-state index in [0.717, 1.165) is 0 Å². The Labute approximate surface area is 89.8 Å². The van der Waals surface area contributed by atoms with E-state index in [9.17, 15) is 9.90 Å². The summed E-state index contributed by atoms with van der Waals surface area (Å²) in [5.74, 6) is -0.592. The van der Waals surface area contributed by atoms with E-state index in [-0.39, 0.29) is 17.3 Å². The van der Waals surface area contributed by atoms with Crippen LogP contribution in [0.3, 0.4) is 0 Å². The zero-order valence-corrected chi connectivity index (χ0v) is 8.04. The van der Waals surface area contributed by atoms with Crippen molar-refractivity contribution in [3.63, 3.8) is 0 Å². The molecule has 0 saturated carbocycles.